The molecule has 0 spiro atoms. The van der Waals surface area contributed by atoms with Gasteiger partial charge in [-0.15, -0.1) is 0 Å². The second-order valence-electron chi connectivity index (χ2n) is 12.5. The Labute approximate surface area is 244 Å². The van der Waals surface area contributed by atoms with Crippen molar-refractivity contribution in [2.24, 2.45) is 11.3 Å². The van der Waals surface area contributed by atoms with Crippen LogP contribution in [-0.4, -0.2) is 70.6 Å². The molecule has 10 nitrogen and oxygen atoms in total. The summed E-state index contributed by atoms with van der Waals surface area (Å²) in [6.07, 6.45) is 3.02. The van der Waals surface area contributed by atoms with Crippen molar-refractivity contribution in [3.63, 3.8) is 0 Å². The third-order valence-corrected chi connectivity index (χ3v) is 7.76. The van der Waals surface area contributed by atoms with Gasteiger partial charge < -0.3 is 30.7 Å². The maximum absolute atomic E-state index is 14.0. The van der Waals surface area contributed by atoms with Crippen molar-refractivity contribution < 1.29 is 29.0 Å². The quantitative estimate of drug-likeness (QED) is 0.286. The number of aliphatic hydroxyl groups is 1. The van der Waals surface area contributed by atoms with Gasteiger partial charge in [0.1, 0.15) is 18.7 Å². The van der Waals surface area contributed by atoms with Crippen LogP contribution in [0.15, 0.2) is 30.3 Å². The number of carbonyl (C=O) groups excluding carboxylic acids is 4. The number of amides is 4. The highest BCUT2D eigenvalue weighted by Gasteiger charge is 2.45. The van der Waals surface area contributed by atoms with Gasteiger partial charge in [-0.3, -0.25) is 14.4 Å². The van der Waals surface area contributed by atoms with Crippen molar-refractivity contribution >= 4 is 23.8 Å². The van der Waals surface area contributed by atoms with E-state index in [1.54, 1.807) is 4.90 Å². The number of carbonyl (C=O) groups is 4. The summed E-state index contributed by atoms with van der Waals surface area (Å²) in [5, 5.41) is 19.2. The molecule has 1 heterocycles. The maximum atomic E-state index is 14.0. The van der Waals surface area contributed by atoms with Crippen LogP contribution in [0.5, 0.6) is 0 Å². The first-order valence-electron chi connectivity index (χ1n) is 15.0. The molecular formula is C31H48N4O6. The van der Waals surface area contributed by atoms with Gasteiger partial charge >= 0.3 is 6.09 Å². The molecule has 0 radical (unpaired) electrons. The first-order chi connectivity index (χ1) is 19.4. The molecule has 1 aliphatic carbocycles. The molecule has 1 aromatic rings. The van der Waals surface area contributed by atoms with Crippen molar-refractivity contribution in [3.05, 3.63) is 35.9 Å². The number of nitrogens with one attached hydrogen (secondary N) is 3. The number of ether oxygens (including phenoxy) is 1. The van der Waals surface area contributed by atoms with E-state index in [2.05, 4.69) is 22.9 Å². The standard InChI is InChI=1S/C31H48N4O6/c1-6-11-21-17-24(27(37)33-23(12-7-2)25(36)28(38)32-22-15-16-22)35(18-21)29(39)26(31(3,4)5)34-30(40)41-19-20-13-9-8-10-14-20/h8-10,13-14,21-26,36H,6-7,11-12,15-19H2,1-5H3,(H,32,38)(H,33,37)(H,34,40)/t21?,23-,24-,25?,26+/m0/s1. The minimum absolute atomic E-state index is 0.0700. The zero-order chi connectivity index (χ0) is 30.2. The minimum Gasteiger partial charge on any atom is -0.445 e. The van der Waals surface area contributed by atoms with E-state index in [4.69, 9.17) is 4.74 Å². The molecule has 41 heavy (non-hydrogen) atoms. The predicted molar refractivity (Wildman–Crippen MR) is 156 cm³/mol. The monoisotopic (exact) mass is 572 g/mol. The summed E-state index contributed by atoms with van der Waals surface area (Å²) in [6, 6.07) is 6.90. The van der Waals surface area contributed by atoms with Crippen LogP contribution >= 0.6 is 0 Å². The molecule has 0 bridgehead atoms. The lowest BCUT2D eigenvalue weighted by atomic mass is 9.85. The Morgan fingerprint density at radius 1 is 1.05 bits per heavy atom. The molecule has 1 saturated heterocycles. The van der Waals surface area contributed by atoms with Crippen LogP contribution in [0.1, 0.15) is 85.1 Å². The Bertz CT molecular complexity index is 1040. The van der Waals surface area contributed by atoms with Crippen molar-refractivity contribution in [3.8, 4) is 0 Å². The van der Waals surface area contributed by atoms with Gasteiger partial charge in [0.25, 0.3) is 5.91 Å². The molecule has 2 unspecified atom stereocenters. The van der Waals surface area contributed by atoms with Gasteiger partial charge in [0.05, 0.1) is 6.04 Å². The van der Waals surface area contributed by atoms with Crippen molar-refractivity contribution in [1.29, 1.82) is 0 Å². The molecule has 1 aromatic carbocycles. The number of hydrogen-bond acceptors (Lipinski definition) is 6. The summed E-state index contributed by atoms with van der Waals surface area (Å²) in [4.78, 5) is 54.5. The summed E-state index contributed by atoms with van der Waals surface area (Å²) >= 11 is 0. The highest BCUT2D eigenvalue weighted by atomic mass is 16.5. The van der Waals surface area contributed by atoms with Gasteiger partial charge in [-0.25, -0.2) is 4.79 Å². The topological polar surface area (TPSA) is 137 Å². The summed E-state index contributed by atoms with van der Waals surface area (Å²) < 4.78 is 5.39. The molecule has 1 aliphatic heterocycles. The van der Waals surface area contributed by atoms with Crippen molar-refractivity contribution in [2.45, 2.75) is 116 Å². The first-order valence-corrected chi connectivity index (χ1v) is 15.0. The average Bonchev–Trinajstić information content (AvgIpc) is 3.65. The highest BCUT2D eigenvalue weighted by molar-refractivity contribution is 5.93. The highest BCUT2D eigenvalue weighted by Crippen LogP contribution is 2.31. The minimum atomic E-state index is -1.38. The molecule has 0 aromatic heterocycles. The molecular weight excluding hydrogens is 524 g/mol. The number of likely N-dealkylation sites (tertiary alicyclic amines) is 1. The van der Waals surface area contributed by atoms with E-state index < -0.39 is 47.6 Å². The van der Waals surface area contributed by atoms with E-state index in [-0.39, 0.29) is 24.5 Å². The number of rotatable bonds is 13. The van der Waals surface area contributed by atoms with Crippen LogP contribution in [0.4, 0.5) is 4.79 Å². The third-order valence-electron chi connectivity index (χ3n) is 7.76. The number of nitrogens with zero attached hydrogens (tertiary/aromatic N) is 1. The fourth-order valence-electron chi connectivity index (χ4n) is 5.33. The van der Waals surface area contributed by atoms with E-state index in [1.165, 1.54) is 0 Å². The predicted octanol–water partition coefficient (Wildman–Crippen LogP) is 3.27. The summed E-state index contributed by atoms with van der Waals surface area (Å²) in [7, 11) is 0. The second kappa shape index (κ2) is 14.7. The van der Waals surface area contributed by atoms with E-state index in [0.717, 1.165) is 31.2 Å². The largest absolute Gasteiger partial charge is 0.445 e. The molecule has 2 aliphatic rings. The van der Waals surface area contributed by atoms with Crippen molar-refractivity contribution in [2.75, 3.05) is 6.54 Å². The lowest BCUT2D eigenvalue weighted by molar-refractivity contribution is -0.143. The molecule has 228 valence electrons. The summed E-state index contributed by atoms with van der Waals surface area (Å²) in [6.45, 7) is 10.0. The Kier molecular flexibility index (Phi) is 11.6. The number of benzene rings is 1. The fourth-order valence-corrected chi connectivity index (χ4v) is 5.33. The first kappa shape index (κ1) is 32.4. The van der Waals surface area contributed by atoms with Gasteiger partial charge in [0.15, 0.2) is 6.10 Å². The molecule has 4 N–H and O–H groups in total. The van der Waals surface area contributed by atoms with Gasteiger partial charge in [-0.2, -0.15) is 0 Å². The van der Waals surface area contributed by atoms with Crippen LogP contribution in [0, 0.1) is 11.3 Å². The van der Waals surface area contributed by atoms with Crippen LogP contribution in [-0.2, 0) is 25.7 Å². The van der Waals surface area contributed by atoms with Gasteiger partial charge in [-0.05, 0) is 49.0 Å². The average molecular weight is 573 g/mol. The third kappa shape index (κ3) is 9.45. The maximum Gasteiger partial charge on any atom is 0.408 e. The van der Waals surface area contributed by atoms with Crippen LogP contribution in [0.2, 0.25) is 0 Å². The van der Waals surface area contributed by atoms with E-state index in [9.17, 15) is 24.3 Å². The fraction of sp³-hybridized carbons (Fsp3) is 0.677. The van der Waals surface area contributed by atoms with Crippen molar-refractivity contribution in [1.82, 2.24) is 20.9 Å². The molecule has 10 heteroatoms. The molecule has 4 amide bonds. The SMILES string of the molecule is CCCC1C[C@@H](C(=O)N[C@@H](CCC)C(O)C(=O)NC2CC2)N(C(=O)[C@@H](NC(=O)OCc2ccccc2)C(C)(C)C)C1. The molecule has 3 rings (SSSR count). The van der Waals surface area contributed by atoms with Crippen LogP contribution < -0.4 is 16.0 Å². The Hall–Kier alpha value is -3.14. The van der Waals surface area contributed by atoms with E-state index in [1.807, 2.05) is 58.0 Å². The molecule has 2 fully saturated rings. The van der Waals surface area contributed by atoms with Gasteiger partial charge in [0.2, 0.25) is 11.8 Å². The van der Waals surface area contributed by atoms with Gasteiger partial charge in [0, 0.05) is 12.6 Å². The Balaban J connectivity index is 1.73. The van der Waals surface area contributed by atoms with E-state index in [0.29, 0.717) is 25.8 Å². The number of aliphatic hydroxyl groups excluding tert-OH is 1. The Morgan fingerprint density at radius 2 is 1.73 bits per heavy atom. The van der Waals surface area contributed by atoms with Gasteiger partial charge in [-0.1, -0.05) is 77.8 Å². The lowest BCUT2D eigenvalue weighted by Crippen LogP contribution is -2.59. The smallest absolute Gasteiger partial charge is 0.408 e. The van der Waals surface area contributed by atoms with Crippen LogP contribution in [0.3, 0.4) is 0 Å². The van der Waals surface area contributed by atoms with Crippen LogP contribution in [0.25, 0.3) is 0 Å². The summed E-state index contributed by atoms with van der Waals surface area (Å²) in [5.74, 6) is -1.11. The summed E-state index contributed by atoms with van der Waals surface area (Å²) in [5.41, 5.74) is 0.170. The lowest BCUT2D eigenvalue weighted by Gasteiger charge is -2.35. The Morgan fingerprint density at radius 3 is 2.32 bits per heavy atom. The molecule has 5 atom stereocenters. The van der Waals surface area contributed by atoms with E-state index >= 15 is 0 Å². The molecule has 1 saturated carbocycles. The second-order valence-corrected chi connectivity index (χ2v) is 12.5. The number of hydrogen-bond donors (Lipinski definition) is 4. The zero-order valence-corrected chi connectivity index (χ0v) is 25.2. The normalized spacial score (nSPS) is 21.0. The number of alkyl carbamates (subject to hydrolysis) is 1. The zero-order valence-electron chi connectivity index (χ0n) is 25.2.